The first-order chi connectivity index (χ1) is 12.1. The van der Waals surface area contributed by atoms with E-state index < -0.39 is 6.09 Å². The highest BCUT2D eigenvalue weighted by molar-refractivity contribution is 5.85. The fourth-order valence-corrected chi connectivity index (χ4v) is 3.40. The van der Waals surface area contributed by atoms with Crippen LogP contribution >= 0.6 is 0 Å². The first-order valence-corrected chi connectivity index (χ1v) is 8.41. The Morgan fingerprint density at radius 2 is 1.92 bits per heavy atom. The smallest absolute Gasteiger partial charge is 0.410 e. The number of piperidine rings is 1. The van der Waals surface area contributed by atoms with E-state index in [1.807, 2.05) is 30.3 Å². The Kier molecular flexibility index (Phi) is 5.21. The Morgan fingerprint density at radius 1 is 1.16 bits per heavy atom. The Labute approximate surface area is 146 Å². The Hall–Kier alpha value is -2.57. The van der Waals surface area contributed by atoms with Crippen molar-refractivity contribution in [1.82, 2.24) is 9.80 Å². The normalized spacial score (nSPS) is 23.0. The number of rotatable bonds is 3. The zero-order valence-corrected chi connectivity index (χ0v) is 14.2. The quantitative estimate of drug-likeness (QED) is 0.774. The highest BCUT2D eigenvalue weighted by Gasteiger charge is 2.41. The predicted molar refractivity (Wildman–Crippen MR) is 88.4 cm³/mol. The fraction of sp³-hybridized carbons (Fsp3) is 0.500. The summed E-state index contributed by atoms with van der Waals surface area (Å²) in [7, 11) is 1.36. The maximum absolute atomic E-state index is 12.4. The standard InChI is InChI=1S/C18H22N2O5/c1-24-17(22)14-7-8-15-10-19(11-16(21)20(15)9-14)18(23)25-12-13-5-3-2-4-6-13/h2-6,14-15H,7-12H2,1H3/t14-,15-/m0/s1. The number of esters is 1. The van der Waals surface area contributed by atoms with Gasteiger partial charge in [0.1, 0.15) is 13.2 Å². The number of amides is 2. The van der Waals surface area contributed by atoms with Gasteiger partial charge in [-0.05, 0) is 18.4 Å². The summed E-state index contributed by atoms with van der Waals surface area (Å²) in [6.07, 6.45) is 0.856. The third-order valence-electron chi connectivity index (χ3n) is 4.78. The topological polar surface area (TPSA) is 76.1 Å². The monoisotopic (exact) mass is 346 g/mol. The van der Waals surface area contributed by atoms with Gasteiger partial charge in [-0.25, -0.2) is 4.79 Å². The predicted octanol–water partition coefficient (Wildman–Crippen LogP) is 1.42. The molecule has 2 heterocycles. The second-order valence-corrected chi connectivity index (χ2v) is 6.42. The van der Waals surface area contributed by atoms with Gasteiger partial charge in [-0.3, -0.25) is 14.5 Å². The average Bonchev–Trinajstić information content (AvgIpc) is 2.66. The van der Waals surface area contributed by atoms with Crippen LogP contribution in [-0.2, 0) is 25.7 Å². The highest BCUT2D eigenvalue weighted by Crippen LogP contribution is 2.26. The van der Waals surface area contributed by atoms with Crippen LogP contribution in [0.1, 0.15) is 18.4 Å². The number of benzene rings is 1. The molecule has 0 aromatic heterocycles. The molecule has 0 unspecified atom stereocenters. The van der Waals surface area contributed by atoms with Crippen LogP contribution < -0.4 is 0 Å². The number of hydrogen-bond donors (Lipinski definition) is 0. The van der Waals surface area contributed by atoms with Crippen LogP contribution in [0.3, 0.4) is 0 Å². The SMILES string of the molecule is COC(=O)[C@H]1CC[C@H]2CN(C(=O)OCc3ccccc3)CC(=O)N2C1. The lowest BCUT2D eigenvalue weighted by Crippen LogP contribution is -2.61. The van der Waals surface area contributed by atoms with Crippen molar-refractivity contribution in [3.63, 3.8) is 0 Å². The number of piperazine rings is 1. The third kappa shape index (κ3) is 3.92. The molecule has 0 spiro atoms. The van der Waals surface area contributed by atoms with E-state index in [9.17, 15) is 14.4 Å². The first kappa shape index (κ1) is 17.3. The van der Waals surface area contributed by atoms with Gasteiger partial charge in [-0.1, -0.05) is 30.3 Å². The molecule has 2 fully saturated rings. The van der Waals surface area contributed by atoms with Gasteiger partial charge in [0.05, 0.1) is 13.0 Å². The molecule has 2 aliphatic heterocycles. The van der Waals surface area contributed by atoms with Crippen LogP contribution in [0, 0.1) is 5.92 Å². The van der Waals surface area contributed by atoms with Crippen LogP contribution in [-0.4, -0.2) is 60.6 Å². The maximum Gasteiger partial charge on any atom is 0.410 e. The molecule has 2 amide bonds. The van der Waals surface area contributed by atoms with Gasteiger partial charge in [0.2, 0.25) is 5.91 Å². The molecule has 7 nitrogen and oxygen atoms in total. The molecule has 7 heteroatoms. The zero-order valence-electron chi connectivity index (χ0n) is 14.2. The van der Waals surface area contributed by atoms with Gasteiger partial charge < -0.3 is 14.4 Å². The third-order valence-corrected chi connectivity index (χ3v) is 4.78. The highest BCUT2D eigenvalue weighted by atomic mass is 16.6. The molecule has 0 aliphatic carbocycles. The molecule has 0 bridgehead atoms. The second-order valence-electron chi connectivity index (χ2n) is 6.42. The first-order valence-electron chi connectivity index (χ1n) is 8.41. The van der Waals surface area contributed by atoms with E-state index in [1.165, 1.54) is 12.0 Å². The summed E-state index contributed by atoms with van der Waals surface area (Å²) in [6.45, 7) is 0.970. The maximum atomic E-state index is 12.4. The van der Waals surface area contributed by atoms with Crippen molar-refractivity contribution in [2.24, 2.45) is 5.92 Å². The van der Waals surface area contributed by atoms with Crippen LogP contribution in [0.2, 0.25) is 0 Å². The average molecular weight is 346 g/mol. The van der Waals surface area contributed by atoms with E-state index in [-0.39, 0.29) is 37.0 Å². The summed E-state index contributed by atoms with van der Waals surface area (Å²) in [5.41, 5.74) is 0.902. The summed E-state index contributed by atoms with van der Waals surface area (Å²) in [5, 5.41) is 0. The number of carbonyl (C=O) groups excluding carboxylic acids is 3. The molecule has 3 rings (SSSR count). The van der Waals surface area contributed by atoms with Crippen LogP contribution in [0.5, 0.6) is 0 Å². The molecule has 2 atom stereocenters. The minimum Gasteiger partial charge on any atom is -0.469 e. The number of methoxy groups -OCH3 is 1. The Morgan fingerprint density at radius 3 is 2.64 bits per heavy atom. The molecule has 1 aromatic carbocycles. The van der Waals surface area contributed by atoms with Gasteiger partial charge in [-0.2, -0.15) is 0 Å². The summed E-state index contributed by atoms with van der Waals surface area (Å²) in [5.74, 6) is -0.709. The van der Waals surface area contributed by atoms with Crippen molar-refractivity contribution in [2.45, 2.75) is 25.5 Å². The van der Waals surface area contributed by atoms with E-state index in [4.69, 9.17) is 9.47 Å². The molecule has 134 valence electrons. The molecule has 25 heavy (non-hydrogen) atoms. The number of hydrogen-bond acceptors (Lipinski definition) is 5. The van der Waals surface area contributed by atoms with Crippen molar-refractivity contribution >= 4 is 18.0 Å². The van der Waals surface area contributed by atoms with E-state index in [0.29, 0.717) is 25.9 Å². The van der Waals surface area contributed by atoms with Crippen molar-refractivity contribution in [1.29, 1.82) is 0 Å². The van der Waals surface area contributed by atoms with E-state index in [2.05, 4.69) is 0 Å². The van der Waals surface area contributed by atoms with Gasteiger partial charge in [0.15, 0.2) is 0 Å². The number of ether oxygens (including phenoxy) is 2. The van der Waals surface area contributed by atoms with Crippen LogP contribution in [0.15, 0.2) is 30.3 Å². The summed E-state index contributed by atoms with van der Waals surface area (Å²) in [6, 6.07) is 9.35. The number of carbonyl (C=O) groups is 3. The molecular weight excluding hydrogens is 324 g/mol. The largest absolute Gasteiger partial charge is 0.469 e. The molecular formula is C18H22N2O5. The number of fused-ring (bicyclic) bond motifs is 1. The van der Waals surface area contributed by atoms with E-state index in [0.717, 1.165) is 5.56 Å². The Bertz CT molecular complexity index is 648. The Balaban J connectivity index is 1.56. The summed E-state index contributed by atoms with van der Waals surface area (Å²) in [4.78, 5) is 39.5. The summed E-state index contributed by atoms with van der Waals surface area (Å²) >= 11 is 0. The van der Waals surface area contributed by atoms with Crippen molar-refractivity contribution < 1.29 is 23.9 Å². The van der Waals surface area contributed by atoms with Crippen molar-refractivity contribution in [3.05, 3.63) is 35.9 Å². The van der Waals surface area contributed by atoms with Gasteiger partial charge in [0.25, 0.3) is 0 Å². The lowest BCUT2D eigenvalue weighted by molar-refractivity contribution is -0.153. The van der Waals surface area contributed by atoms with Gasteiger partial charge in [-0.15, -0.1) is 0 Å². The summed E-state index contributed by atoms with van der Waals surface area (Å²) < 4.78 is 10.1. The lowest BCUT2D eigenvalue weighted by atomic mass is 9.91. The van der Waals surface area contributed by atoms with Gasteiger partial charge in [0, 0.05) is 19.1 Å². The fourth-order valence-electron chi connectivity index (χ4n) is 3.40. The van der Waals surface area contributed by atoms with Crippen molar-refractivity contribution in [3.8, 4) is 0 Å². The minimum absolute atomic E-state index is 0.0159. The minimum atomic E-state index is -0.480. The molecule has 2 saturated heterocycles. The van der Waals surface area contributed by atoms with Crippen molar-refractivity contribution in [2.75, 3.05) is 26.7 Å². The van der Waals surface area contributed by atoms with Gasteiger partial charge >= 0.3 is 12.1 Å². The molecule has 0 saturated carbocycles. The lowest BCUT2D eigenvalue weighted by Gasteiger charge is -2.44. The van der Waals surface area contributed by atoms with Crippen LogP contribution in [0.25, 0.3) is 0 Å². The van der Waals surface area contributed by atoms with Crippen LogP contribution in [0.4, 0.5) is 4.79 Å². The van der Waals surface area contributed by atoms with E-state index >= 15 is 0 Å². The van der Waals surface area contributed by atoms with E-state index in [1.54, 1.807) is 4.90 Å². The second kappa shape index (κ2) is 7.55. The number of nitrogens with zero attached hydrogens (tertiary/aromatic N) is 2. The molecule has 0 radical (unpaired) electrons. The zero-order chi connectivity index (χ0) is 17.8. The molecule has 2 aliphatic rings. The molecule has 0 N–H and O–H groups in total. The molecule has 1 aromatic rings.